The minimum absolute atomic E-state index is 0.0144. The molecule has 0 aromatic heterocycles. The van der Waals surface area contributed by atoms with Crippen LogP contribution in [0.15, 0.2) is 24.3 Å². The molecule has 0 bridgehead atoms. The molecule has 1 aromatic carbocycles. The molecular weight excluding hydrogens is 686 g/mol. The number of hydrogen-bond donors (Lipinski definition) is 9. The molecule has 0 unspecified atom stereocenters. The van der Waals surface area contributed by atoms with Crippen LogP contribution < -0.4 is 37.1 Å². The van der Waals surface area contributed by atoms with E-state index >= 15 is 0 Å². The summed E-state index contributed by atoms with van der Waals surface area (Å²) in [5, 5.41) is 44.7. The van der Waals surface area contributed by atoms with Gasteiger partial charge in [0.05, 0.1) is 11.7 Å². The third-order valence-corrected chi connectivity index (χ3v) is 8.84. The number of nitrogens with zero attached hydrogens (tertiary/aromatic N) is 1. The molecule has 0 aliphatic heterocycles. The molecule has 0 spiro atoms. The Kier molecular flexibility index (Phi) is 21.3. The summed E-state index contributed by atoms with van der Waals surface area (Å²) in [7, 11) is 0. The number of carbonyl (C=O) groups is 6. The Morgan fingerprint density at radius 3 is 2.04 bits per heavy atom. The molecular formula is C37H63N7O9. The van der Waals surface area contributed by atoms with E-state index in [0.717, 1.165) is 0 Å². The Morgan fingerprint density at radius 2 is 1.47 bits per heavy atom. The Labute approximate surface area is 313 Å². The predicted octanol–water partition coefficient (Wildman–Crippen LogP) is 2.61. The molecule has 1 aromatic rings. The zero-order chi connectivity index (χ0) is 40.2. The Balaban J connectivity index is 2.91. The molecule has 300 valence electrons. The number of benzene rings is 1. The number of nitrogens with one attached hydrogen (secondary N) is 6. The summed E-state index contributed by atoms with van der Waals surface area (Å²) in [6.45, 7) is 15.2. The van der Waals surface area contributed by atoms with Crippen LogP contribution in [0.1, 0.15) is 106 Å². The molecule has 5 amide bonds. The Bertz CT molecular complexity index is 1340. The lowest BCUT2D eigenvalue weighted by atomic mass is 9.97. The summed E-state index contributed by atoms with van der Waals surface area (Å²) in [4.78, 5) is 76.7. The molecule has 16 heteroatoms. The van der Waals surface area contributed by atoms with Gasteiger partial charge >= 0.3 is 5.97 Å². The van der Waals surface area contributed by atoms with Crippen molar-refractivity contribution in [3.8, 4) is 0 Å². The fourth-order valence-electron chi connectivity index (χ4n) is 5.55. The smallest absolute Gasteiger partial charge is 0.303 e. The van der Waals surface area contributed by atoms with Crippen LogP contribution in [-0.2, 0) is 35.3 Å². The van der Waals surface area contributed by atoms with E-state index in [1.54, 1.807) is 32.9 Å². The van der Waals surface area contributed by atoms with Gasteiger partial charge in [-0.1, -0.05) is 73.4 Å². The molecule has 1 rings (SSSR count). The number of aliphatic carboxylic acids is 1. The van der Waals surface area contributed by atoms with Gasteiger partial charge in [-0.05, 0) is 61.6 Å². The average Bonchev–Trinajstić information content (AvgIpc) is 3.09. The van der Waals surface area contributed by atoms with Gasteiger partial charge in [0.15, 0.2) is 0 Å². The minimum Gasteiger partial charge on any atom is -0.481 e. The normalized spacial score (nSPS) is 14.6. The maximum absolute atomic E-state index is 13.6. The summed E-state index contributed by atoms with van der Waals surface area (Å²) in [6.07, 6.45) is 2.05. The first-order chi connectivity index (χ1) is 24.9. The number of carboxylic acids is 1. The highest BCUT2D eigenvalue weighted by molar-refractivity contribution is 5.92. The monoisotopic (exact) mass is 749 g/mol. The molecule has 6 atom stereocenters. The molecule has 0 saturated heterocycles. The van der Waals surface area contributed by atoms with Crippen LogP contribution in [-0.4, -0.2) is 87.8 Å². The fourth-order valence-corrected chi connectivity index (χ4v) is 5.55. The zero-order valence-corrected chi connectivity index (χ0v) is 32.5. The molecule has 0 aliphatic carbocycles. The van der Waals surface area contributed by atoms with E-state index in [1.807, 2.05) is 34.6 Å². The summed E-state index contributed by atoms with van der Waals surface area (Å²) < 4.78 is 0. The van der Waals surface area contributed by atoms with Crippen molar-refractivity contribution < 1.29 is 44.3 Å². The second-order valence-corrected chi connectivity index (χ2v) is 14.4. The first kappa shape index (κ1) is 46.7. The third-order valence-electron chi connectivity index (χ3n) is 8.84. The molecule has 53 heavy (non-hydrogen) atoms. The minimum atomic E-state index is -1.01. The highest BCUT2D eigenvalue weighted by atomic mass is 16.8. The highest BCUT2D eigenvalue weighted by Crippen LogP contribution is 2.14. The average molecular weight is 750 g/mol. The first-order valence-electron chi connectivity index (χ1n) is 18.6. The van der Waals surface area contributed by atoms with Gasteiger partial charge in [0, 0.05) is 32.0 Å². The van der Waals surface area contributed by atoms with Crippen LogP contribution in [0.4, 0.5) is 5.69 Å². The largest absolute Gasteiger partial charge is 0.481 e. The van der Waals surface area contributed by atoms with E-state index < -0.39 is 65.7 Å². The molecule has 16 nitrogen and oxygen atoms in total. The molecule has 0 aliphatic rings. The summed E-state index contributed by atoms with van der Waals surface area (Å²) in [6, 6.07) is 2.55. The summed E-state index contributed by atoms with van der Waals surface area (Å²) in [5.41, 5.74) is 0.755. The SMILES string of the molecule is CCC[C@H](NC(=O)[C@@H](NC(=O)CCCC(=O)O)[C@@H](C)CC)C(=O)N[C@H](CN[C@@H](C)C(=O)N[C@H](C(=O)NCc1cccc(N(O)O)c1)C(C)C)CC(C)C. The van der Waals surface area contributed by atoms with Crippen molar-refractivity contribution in [1.82, 2.24) is 31.9 Å². The number of amides is 5. The van der Waals surface area contributed by atoms with E-state index in [9.17, 15) is 39.2 Å². The summed E-state index contributed by atoms with van der Waals surface area (Å²) in [5.74, 6) is -3.46. The molecule has 9 N–H and O–H groups in total. The third kappa shape index (κ3) is 17.9. The molecule has 0 heterocycles. The van der Waals surface area contributed by atoms with Gasteiger partial charge in [0.25, 0.3) is 0 Å². The molecule has 0 radical (unpaired) electrons. The maximum atomic E-state index is 13.6. The van der Waals surface area contributed by atoms with E-state index in [1.165, 1.54) is 12.1 Å². The van der Waals surface area contributed by atoms with Crippen LogP contribution in [0.3, 0.4) is 0 Å². The number of anilines is 1. The van der Waals surface area contributed by atoms with Crippen LogP contribution in [0.25, 0.3) is 0 Å². The van der Waals surface area contributed by atoms with Crippen molar-refractivity contribution in [3.05, 3.63) is 29.8 Å². The van der Waals surface area contributed by atoms with Crippen LogP contribution in [0.2, 0.25) is 0 Å². The van der Waals surface area contributed by atoms with Gasteiger partial charge in [0.1, 0.15) is 18.1 Å². The van der Waals surface area contributed by atoms with E-state index in [0.29, 0.717) is 31.2 Å². The van der Waals surface area contributed by atoms with Gasteiger partial charge in [-0.25, -0.2) is 0 Å². The van der Waals surface area contributed by atoms with Crippen molar-refractivity contribution >= 4 is 41.2 Å². The standard InChI is InChI=1S/C37H63N7O9/c1-9-13-29(41-37(51)33(24(7)10-2)42-30(45)16-12-17-31(46)47)35(49)40-27(18-22(3)4)21-38-25(8)34(48)43-32(23(5)6)36(50)39-20-26-14-11-15-28(19-26)44(52)53/h11,14-15,19,22-25,27,29,32-33,38,52-53H,9-10,12-13,16-18,20-21H2,1-8H3,(H,39,50)(H,40,49)(H,41,51)(H,42,45)(H,43,48)(H,46,47)/t24-,25-,27-,29-,32-,33-/m0/s1. The van der Waals surface area contributed by atoms with E-state index in [4.69, 9.17) is 5.11 Å². The van der Waals surface area contributed by atoms with Crippen molar-refractivity contribution in [2.24, 2.45) is 17.8 Å². The molecule has 0 saturated carbocycles. The Hall–Kier alpha value is -4.28. The quantitative estimate of drug-likeness (QED) is 0.0659. The van der Waals surface area contributed by atoms with Crippen LogP contribution in [0, 0.1) is 17.8 Å². The van der Waals surface area contributed by atoms with Gasteiger partial charge < -0.3 is 37.0 Å². The van der Waals surface area contributed by atoms with Crippen molar-refractivity contribution in [1.29, 1.82) is 0 Å². The van der Waals surface area contributed by atoms with Crippen molar-refractivity contribution in [3.63, 3.8) is 0 Å². The second kappa shape index (κ2) is 24.1. The number of carbonyl (C=O) groups excluding carboxylic acids is 5. The highest BCUT2D eigenvalue weighted by Gasteiger charge is 2.31. The zero-order valence-electron chi connectivity index (χ0n) is 32.5. The fraction of sp³-hybridized carbons (Fsp3) is 0.676. The Morgan fingerprint density at radius 1 is 0.792 bits per heavy atom. The summed E-state index contributed by atoms with van der Waals surface area (Å²) >= 11 is 0. The van der Waals surface area contributed by atoms with Crippen molar-refractivity contribution in [2.75, 3.05) is 11.8 Å². The topological polar surface area (TPSA) is 239 Å². The lowest BCUT2D eigenvalue weighted by Crippen LogP contribution is -2.58. The van der Waals surface area contributed by atoms with Crippen molar-refractivity contribution in [2.45, 2.75) is 137 Å². The maximum Gasteiger partial charge on any atom is 0.303 e. The second-order valence-electron chi connectivity index (χ2n) is 14.4. The van der Waals surface area contributed by atoms with Gasteiger partial charge in [-0.3, -0.25) is 39.2 Å². The lowest BCUT2D eigenvalue weighted by Gasteiger charge is -2.29. The predicted molar refractivity (Wildman–Crippen MR) is 200 cm³/mol. The van der Waals surface area contributed by atoms with E-state index in [-0.39, 0.29) is 61.0 Å². The molecule has 0 fully saturated rings. The lowest BCUT2D eigenvalue weighted by molar-refractivity contribution is -0.137. The number of carboxylic acid groups (broad SMARTS) is 1. The number of hydrogen-bond acceptors (Lipinski definition) is 10. The van der Waals surface area contributed by atoms with Gasteiger partial charge in [-0.15, -0.1) is 5.23 Å². The van der Waals surface area contributed by atoms with Crippen LogP contribution >= 0.6 is 0 Å². The van der Waals surface area contributed by atoms with E-state index in [2.05, 4.69) is 31.9 Å². The van der Waals surface area contributed by atoms with Crippen LogP contribution in [0.5, 0.6) is 0 Å². The van der Waals surface area contributed by atoms with Gasteiger partial charge in [0.2, 0.25) is 29.5 Å². The van der Waals surface area contributed by atoms with Gasteiger partial charge in [-0.2, -0.15) is 0 Å². The number of rotatable bonds is 25. The first-order valence-corrected chi connectivity index (χ1v) is 18.6.